The number of rotatable bonds is 10. The SMILES string of the molecule is C/C=C/COc1cc(C)c(OC2CCCC2OCc2ccc(/C=N/OC)cc2)c(C)c1. The number of oxime groups is 1. The van der Waals surface area contributed by atoms with Crippen molar-refractivity contribution in [3.05, 3.63) is 70.8 Å². The molecule has 0 aliphatic heterocycles. The van der Waals surface area contributed by atoms with E-state index in [1.165, 1.54) is 7.11 Å². The molecule has 31 heavy (non-hydrogen) atoms. The first-order valence-corrected chi connectivity index (χ1v) is 10.9. The zero-order chi connectivity index (χ0) is 22.1. The van der Waals surface area contributed by atoms with Crippen molar-refractivity contribution < 1.29 is 19.0 Å². The molecule has 0 radical (unpaired) electrons. The monoisotopic (exact) mass is 423 g/mol. The summed E-state index contributed by atoms with van der Waals surface area (Å²) >= 11 is 0. The molecule has 0 spiro atoms. The predicted molar refractivity (Wildman–Crippen MR) is 124 cm³/mol. The van der Waals surface area contributed by atoms with Crippen molar-refractivity contribution in [2.45, 2.75) is 58.8 Å². The molecule has 2 atom stereocenters. The zero-order valence-corrected chi connectivity index (χ0v) is 19.0. The molecule has 0 heterocycles. The van der Waals surface area contributed by atoms with Gasteiger partial charge in [0.2, 0.25) is 0 Å². The smallest absolute Gasteiger partial charge is 0.125 e. The van der Waals surface area contributed by atoms with Crippen LogP contribution in [-0.4, -0.2) is 32.1 Å². The molecule has 2 aromatic rings. The van der Waals surface area contributed by atoms with Gasteiger partial charge in [0.05, 0.1) is 18.9 Å². The zero-order valence-electron chi connectivity index (χ0n) is 19.0. The van der Waals surface area contributed by atoms with Gasteiger partial charge < -0.3 is 19.0 Å². The quantitative estimate of drug-likeness (QED) is 0.277. The summed E-state index contributed by atoms with van der Waals surface area (Å²) in [6.45, 7) is 7.29. The third kappa shape index (κ3) is 6.59. The molecular formula is C26H33NO4. The Morgan fingerprint density at radius 1 is 1.03 bits per heavy atom. The minimum atomic E-state index is 0.0697. The van der Waals surface area contributed by atoms with Crippen LogP contribution >= 0.6 is 0 Å². The fourth-order valence-corrected chi connectivity index (χ4v) is 3.81. The molecule has 5 nitrogen and oxygen atoms in total. The lowest BCUT2D eigenvalue weighted by molar-refractivity contribution is -0.0175. The summed E-state index contributed by atoms with van der Waals surface area (Å²) in [4.78, 5) is 4.72. The van der Waals surface area contributed by atoms with Crippen LogP contribution in [0.2, 0.25) is 0 Å². The third-order valence-electron chi connectivity index (χ3n) is 5.43. The van der Waals surface area contributed by atoms with E-state index < -0.39 is 0 Å². The Kier molecular flexibility index (Phi) is 8.53. The highest BCUT2D eigenvalue weighted by Crippen LogP contribution is 2.33. The van der Waals surface area contributed by atoms with Gasteiger partial charge in [-0.2, -0.15) is 0 Å². The largest absolute Gasteiger partial charge is 0.490 e. The maximum absolute atomic E-state index is 6.46. The van der Waals surface area contributed by atoms with Crippen LogP contribution < -0.4 is 9.47 Å². The number of allylic oxidation sites excluding steroid dienone is 1. The Hall–Kier alpha value is -2.79. The first-order chi connectivity index (χ1) is 15.1. The van der Waals surface area contributed by atoms with Crippen molar-refractivity contribution in [2.75, 3.05) is 13.7 Å². The van der Waals surface area contributed by atoms with Crippen molar-refractivity contribution >= 4 is 6.21 Å². The second kappa shape index (κ2) is 11.6. The maximum Gasteiger partial charge on any atom is 0.125 e. The Labute approximate surface area is 185 Å². The van der Waals surface area contributed by atoms with Gasteiger partial charge in [0.25, 0.3) is 0 Å². The Balaban J connectivity index is 1.58. The minimum Gasteiger partial charge on any atom is -0.490 e. The van der Waals surface area contributed by atoms with Crippen LogP contribution in [0.3, 0.4) is 0 Å². The van der Waals surface area contributed by atoms with Gasteiger partial charge in [0.15, 0.2) is 0 Å². The minimum absolute atomic E-state index is 0.0697. The number of hydrogen-bond donors (Lipinski definition) is 0. The van der Waals surface area contributed by atoms with Gasteiger partial charge in [-0.1, -0.05) is 41.6 Å². The summed E-state index contributed by atoms with van der Waals surface area (Å²) in [6, 6.07) is 12.2. The summed E-state index contributed by atoms with van der Waals surface area (Å²) < 4.78 is 18.5. The highest BCUT2D eigenvalue weighted by Gasteiger charge is 2.30. The van der Waals surface area contributed by atoms with E-state index in [1.807, 2.05) is 43.3 Å². The summed E-state index contributed by atoms with van der Waals surface area (Å²) in [7, 11) is 1.54. The van der Waals surface area contributed by atoms with Crippen LogP contribution in [0.1, 0.15) is 48.4 Å². The van der Waals surface area contributed by atoms with Crippen molar-refractivity contribution in [1.82, 2.24) is 0 Å². The van der Waals surface area contributed by atoms with Gasteiger partial charge in [-0.25, -0.2) is 0 Å². The molecule has 2 unspecified atom stereocenters. The molecule has 1 fully saturated rings. The lowest BCUT2D eigenvalue weighted by Gasteiger charge is -2.24. The summed E-state index contributed by atoms with van der Waals surface area (Å²) in [5, 5.41) is 3.78. The lowest BCUT2D eigenvalue weighted by atomic mass is 10.1. The summed E-state index contributed by atoms with van der Waals surface area (Å²) in [6.07, 6.45) is 8.98. The van der Waals surface area contributed by atoms with E-state index in [1.54, 1.807) is 6.21 Å². The fraction of sp³-hybridized carbons (Fsp3) is 0.423. The van der Waals surface area contributed by atoms with E-state index in [9.17, 15) is 0 Å². The van der Waals surface area contributed by atoms with Gasteiger partial charge in [-0.15, -0.1) is 0 Å². The molecule has 0 N–H and O–H groups in total. The molecule has 1 aliphatic rings. The summed E-state index contributed by atoms with van der Waals surface area (Å²) in [5.74, 6) is 1.82. The molecule has 166 valence electrons. The van der Waals surface area contributed by atoms with Crippen LogP contribution in [-0.2, 0) is 16.2 Å². The van der Waals surface area contributed by atoms with Crippen molar-refractivity contribution in [2.24, 2.45) is 5.16 Å². The highest BCUT2D eigenvalue weighted by molar-refractivity contribution is 5.79. The molecule has 2 aromatic carbocycles. The second-order valence-electron chi connectivity index (χ2n) is 7.86. The first-order valence-electron chi connectivity index (χ1n) is 10.9. The van der Waals surface area contributed by atoms with Crippen LogP contribution in [0.15, 0.2) is 53.7 Å². The molecule has 1 saturated carbocycles. The Bertz CT molecular complexity index is 866. The number of ether oxygens (including phenoxy) is 3. The predicted octanol–water partition coefficient (Wildman–Crippen LogP) is 5.76. The molecule has 1 aliphatic carbocycles. The average molecular weight is 424 g/mol. The number of nitrogens with zero attached hydrogens (tertiary/aromatic N) is 1. The molecule has 3 rings (SSSR count). The summed E-state index contributed by atoms with van der Waals surface area (Å²) in [5.41, 5.74) is 4.32. The molecule has 0 aromatic heterocycles. The van der Waals surface area contributed by atoms with E-state index in [0.717, 1.165) is 53.0 Å². The van der Waals surface area contributed by atoms with Crippen LogP contribution in [0.5, 0.6) is 11.5 Å². The van der Waals surface area contributed by atoms with Gasteiger partial charge >= 0.3 is 0 Å². The maximum atomic E-state index is 6.46. The Morgan fingerprint density at radius 3 is 2.42 bits per heavy atom. The highest BCUT2D eigenvalue weighted by atomic mass is 16.6. The lowest BCUT2D eigenvalue weighted by Crippen LogP contribution is -2.29. The van der Waals surface area contributed by atoms with Gasteiger partial charge in [0.1, 0.15) is 31.3 Å². The van der Waals surface area contributed by atoms with Gasteiger partial charge in [-0.05, 0) is 74.4 Å². The molecule has 0 bridgehead atoms. The second-order valence-corrected chi connectivity index (χ2v) is 7.86. The van der Waals surface area contributed by atoms with Gasteiger partial charge in [0, 0.05) is 0 Å². The van der Waals surface area contributed by atoms with E-state index in [0.29, 0.717) is 13.2 Å². The fourth-order valence-electron chi connectivity index (χ4n) is 3.81. The number of benzene rings is 2. The van der Waals surface area contributed by atoms with Crippen LogP contribution in [0, 0.1) is 13.8 Å². The average Bonchev–Trinajstić information content (AvgIpc) is 3.21. The Morgan fingerprint density at radius 2 is 1.74 bits per heavy atom. The molecule has 5 heteroatoms. The van der Waals surface area contributed by atoms with E-state index in [2.05, 4.69) is 31.1 Å². The van der Waals surface area contributed by atoms with E-state index in [4.69, 9.17) is 19.0 Å². The van der Waals surface area contributed by atoms with Crippen LogP contribution in [0.4, 0.5) is 0 Å². The van der Waals surface area contributed by atoms with E-state index in [-0.39, 0.29) is 12.2 Å². The van der Waals surface area contributed by atoms with Gasteiger partial charge in [-0.3, -0.25) is 0 Å². The normalized spacial score (nSPS) is 18.7. The standard InChI is InChI=1S/C26H33NO4/c1-5-6-14-29-23-15-19(2)26(20(3)16-23)31-25-9-7-8-24(25)30-18-22-12-10-21(11-13-22)17-27-28-4/h5-6,10-13,15-17,24-25H,7-9,14,18H2,1-4H3/b6-5+,27-17+. The topological polar surface area (TPSA) is 49.3 Å². The molecular weight excluding hydrogens is 390 g/mol. The van der Waals surface area contributed by atoms with Crippen molar-refractivity contribution in [3.8, 4) is 11.5 Å². The third-order valence-corrected chi connectivity index (χ3v) is 5.43. The number of aryl methyl sites for hydroxylation is 2. The van der Waals surface area contributed by atoms with Crippen molar-refractivity contribution in [3.63, 3.8) is 0 Å². The van der Waals surface area contributed by atoms with Crippen molar-refractivity contribution in [1.29, 1.82) is 0 Å². The molecule has 0 saturated heterocycles. The molecule has 0 amide bonds. The van der Waals surface area contributed by atoms with E-state index >= 15 is 0 Å². The number of hydrogen-bond acceptors (Lipinski definition) is 5. The van der Waals surface area contributed by atoms with Crippen LogP contribution in [0.25, 0.3) is 0 Å². The first kappa shape index (κ1) is 22.9.